The molecule has 204 valence electrons. The average Bonchev–Trinajstić information content (AvgIpc) is 3.02. The van der Waals surface area contributed by atoms with Crippen molar-refractivity contribution in [3.05, 3.63) is 150 Å². The number of hydrogen-bond acceptors (Lipinski definition) is 3. The van der Waals surface area contributed by atoms with E-state index >= 15 is 0 Å². The van der Waals surface area contributed by atoms with Crippen LogP contribution in [-0.4, -0.2) is 55.0 Å². The van der Waals surface area contributed by atoms with Gasteiger partial charge in [-0.15, -0.1) is 6.58 Å². The molecule has 1 amide bonds. The van der Waals surface area contributed by atoms with Gasteiger partial charge in [0.1, 0.15) is 0 Å². The highest BCUT2D eigenvalue weighted by atomic mass is 16.2. The van der Waals surface area contributed by atoms with E-state index in [-0.39, 0.29) is 5.91 Å². The van der Waals surface area contributed by atoms with Crippen molar-refractivity contribution in [3.63, 3.8) is 0 Å². The zero-order chi connectivity index (χ0) is 27.6. The highest BCUT2D eigenvalue weighted by molar-refractivity contribution is 5.95. The van der Waals surface area contributed by atoms with E-state index in [0.29, 0.717) is 19.0 Å². The van der Waals surface area contributed by atoms with Crippen molar-refractivity contribution >= 4 is 11.6 Å². The molecule has 4 aromatic carbocycles. The zero-order valence-electron chi connectivity index (χ0n) is 23.2. The molecule has 0 unspecified atom stereocenters. The Bertz CT molecular complexity index is 1310. The molecule has 4 aromatic rings. The van der Waals surface area contributed by atoms with E-state index in [2.05, 4.69) is 101 Å². The van der Waals surface area contributed by atoms with Gasteiger partial charge in [-0.3, -0.25) is 9.69 Å². The summed E-state index contributed by atoms with van der Waals surface area (Å²) in [5.74, 6) is 0.439. The topological polar surface area (TPSA) is 26.8 Å². The minimum absolute atomic E-state index is 0.0390. The summed E-state index contributed by atoms with van der Waals surface area (Å²) in [5, 5.41) is 0. The normalized spacial score (nSPS) is 13.8. The lowest BCUT2D eigenvalue weighted by Gasteiger charge is -2.37. The van der Waals surface area contributed by atoms with Crippen LogP contribution in [0.25, 0.3) is 0 Å². The van der Waals surface area contributed by atoms with Gasteiger partial charge in [-0.1, -0.05) is 103 Å². The predicted molar refractivity (Wildman–Crippen MR) is 166 cm³/mol. The molecule has 1 fully saturated rings. The molecule has 0 atom stereocenters. The number of anilines is 1. The Balaban J connectivity index is 1.19. The van der Waals surface area contributed by atoms with Crippen LogP contribution in [0.3, 0.4) is 0 Å². The van der Waals surface area contributed by atoms with Crippen molar-refractivity contribution in [2.45, 2.75) is 18.9 Å². The molecule has 40 heavy (non-hydrogen) atoms. The molecule has 4 nitrogen and oxygen atoms in total. The zero-order valence-corrected chi connectivity index (χ0v) is 23.2. The maximum Gasteiger partial charge on any atom is 0.254 e. The minimum Gasteiger partial charge on any atom is -0.369 e. The van der Waals surface area contributed by atoms with Crippen LogP contribution in [0.15, 0.2) is 128 Å². The predicted octanol–water partition coefficient (Wildman–Crippen LogP) is 6.86. The largest absolute Gasteiger partial charge is 0.369 e. The highest BCUT2D eigenvalue weighted by Crippen LogP contribution is 2.28. The van der Waals surface area contributed by atoms with Crippen LogP contribution in [0.5, 0.6) is 0 Å². The lowest BCUT2D eigenvalue weighted by Crippen LogP contribution is -2.46. The van der Waals surface area contributed by atoms with Gasteiger partial charge in [0.2, 0.25) is 0 Å². The minimum atomic E-state index is 0.0390. The lowest BCUT2D eigenvalue weighted by molar-refractivity contribution is 0.0762. The lowest BCUT2D eigenvalue weighted by atomic mass is 9.88. The second kappa shape index (κ2) is 13.8. The van der Waals surface area contributed by atoms with Gasteiger partial charge in [0, 0.05) is 56.4 Å². The smallest absolute Gasteiger partial charge is 0.254 e. The molecule has 5 rings (SSSR count). The van der Waals surface area contributed by atoms with Crippen molar-refractivity contribution in [1.82, 2.24) is 9.80 Å². The van der Waals surface area contributed by atoms with Crippen LogP contribution in [0.4, 0.5) is 5.69 Å². The first-order chi connectivity index (χ1) is 19.7. The van der Waals surface area contributed by atoms with Crippen LogP contribution in [0.1, 0.15) is 39.4 Å². The van der Waals surface area contributed by atoms with E-state index in [4.69, 9.17) is 0 Å². The van der Waals surface area contributed by atoms with Gasteiger partial charge in [-0.2, -0.15) is 0 Å². The maximum atomic E-state index is 13.5. The highest BCUT2D eigenvalue weighted by Gasteiger charge is 2.22. The summed E-state index contributed by atoms with van der Waals surface area (Å²) < 4.78 is 0. The quantitative estimate of drug-likeness (QED) is 0.199. The molecule has 0 N–H and O–H groups in total. The molecule has 1 saturated heterocycles. The van der Waals surface area contributed by atoms with Crippen molar-refractivity contribution < 1.29 is 4.79 Å². The molecule has 1 aliphatic heterocycles. The Morgan fingerprint density at radius 2 is 1.38 bits per heavy atom. The fourth-order valence-electron chi connectivity index (χ4n) is 5.63. The van der Waals surface area contributed by atoms with E-state index in [1.54, 1.807) is 6.08 Å². The van der Waals surface area contributed by atoms with Crippen molar-refractivity contribution in [1.29, 1.82) is 0 Å². The molecule has 0 spiro atoms. The molecule has 1 heterocycles. The SMILES string of the molecule is C=CCN(Cc1ccccc1)C(=O)c1cccc(N2CCN(CCC(c3ccccc3)c3ccccc3)CC2)c1. The van der Waals surface area contributed by atoms with Crippen LogP contribution in [0, 0.1) is 0 Å². The Labute approximate surface area is 239 Å². The number of piperazine rings is 1. The van der Waals surface area contributed by atoms with Gasteiger partial charge >= 0.3 is 0 Å². The number of hydrogen-bond donors (Lipinski definition) is 0. The van der Waals surface area contributed by atoms with Gasteiger partial charge < -0.3 is 9.80 Å². The van der Waals surface area contributed by atoms with Crippen LogP contribution in [-0.2, 0) is 6.54 Å². The summed E-state index contributed by atoms with van der Waals surface area (Å²) in [6, 6.07) is 40.0. The van der Waals surface area contributed by atoms with E-state index in [1.165, 1.54) is 11.1 Å². The monoisotopic (exact) mass is 529 g/mol. The molecule has 0 bridgehead atoms. The van der Waals surface area contributed by atoms with Gasteiger partial charge in [0.05, 0.1) is 0 Å². The molecule has 0 aliphatic carbocycles. The second-order valence-corrected chi connectivity index (χ2v) is 10.5. The standard InChI is InChI=1S/C36H39N3O/c1-2-22-39(29-30-13-6-3-7-14-30)36(40)33-19-12-20-34(28-33)38-26-24-37(25-27-38)23-21-35(31-15-8-4-9-16-31)32-17-10-5-11-18-32/h2-20,28,35H,1,21-27,29H2. The van der Waals surface area contributed by atoms with E-state index in [0.717, 1.165) is 56.0 Å². The number of carbonyl (C=O) groups excluding carboxylic acids is 1. The van der Waals surface area contributed by atoms with Gasteiger partial charge in [0.25, 0.3) is 5.91 Å². The summed E-state index contributed by atoms with van der Waals surface area (Å²) in [6.45, 7) is 9.98. The van der Waals surface area contributed by atoms with Gasteiger partial charge in [0.15, 0.2) is 0 Å². The van der Waals surface area contributed by atoms with E-state index < -0.39 is 0 Å². The Kier molecular flexibility index (Phi) is 9.44. The number of rotatable bonds is 11. The fraction of sp³-hybridized carbons (Fsp3) is 0.250. The first kappa shape index (κ1) is 27.4. The number of nitrogens with zero attached hydrogens (tertiary/aromatic N) is 3. The molecular formula is C36H39N3O. The van der Waals surface area contributed by atoms with Gasteiger partial charge in [-0.05, 0) is 47.9 Å². The molecular weight excluding hydrogens is 490 g/mol. The third kappa shape index (κ3) is 7.08. The van der Waals surface area contributed by atoms with Crippen LogP contribution in [0.2, 0.25) is 0 Å². The van der Waals surface area contributed by atoms with Crippen LogP contribution >= 0.6 is 0 Å². The number of benzene rings is 4. The third-order valence-corrected chi connectivity index (χ3v) is 7.82. The summed E-state index contributed by atoms with van der Waals surface area (Å²) in [4.78, 5) is 20.3. The van der Waals surface area contributed by atoms with E-state index in [9.17, 15) is 4.79 Å². The Morgan fingerprint density at radius 1 is 0.775 bits per heavy atom. The summed E-state index contributed by atoms with van der Waals surface area (Å²) >= 11 is 0. The summed E-state index contributed by atoms with van der Waals surface area (Å²) in [5.41, 5.74) is 5.73. The second-order valence-electron chi connectivity index (χ2n) is 10.5. The van der Waals surface area contributed by atoms with E-state index in [1.807, 2.05) is 35.2 Å². The Morgan fingerprint density at radius 3 is 1.98 bits per heavy atom. The first-order valence-corrected chi connectivity index (χ1v) is 14.3. The fourth-order valence-corrected chi connectivity index (χ4v) is 5.63. The molecule has 0 radical (unpaired) electrons. The summed E-state index contributed by atoms with van der Waals surface area (Å²) in [6.07, 6.45) is 2.89. The van der Waals surface area contributed by atoms with Crippen molar-refractivity contribution in [2.24, 2.45) is 0 Å². The van der Waals surface area contributed by atoms with Crippen molar-refractivity contribution in [3.8, 4) is 0 Å². The van der Waals surface area contributed by atoms with Crippen molar-refractivity contribution in [2.75, 3.05) is 44.2 Å². The Hall–Kier alpha value is -4.15. The molecule has 0 saturated carbocycles. The number of amides is 1. The maximum absolute atomic E-state index is 13.5. The number of carbonyl (C=O) groups is 1. The van der Waals surface area contributed by atoms with Gasteiger partial charge in [-0.25, -0.2) is 0 Å². The first-order valence-electron chi connectivity index (χ1n) is 14.3. The molecule has 1 aliphatic rings. The average molecular weight is 530 g/mol. The molecule has 0 aromatic heterocycles. The molecule has 4 heteroatoms. The van der Waals surface area contributed by atoms with Crippen LogP contribution < -0.4 is 4.90 Å². The summed E-state index contributed by atoms with van der Waals surface area (Å²) in [7, 11) is 0. The third-order valence-electron chi connectivity index (χ3n) is 7.82.